The molecule has 0 unspecified atom stereocenters. The van der Waals surface area contributed by atoms with E-state index in [2.05, 4.69) is 21.0 Å². The van der Waals surface area contributed by atoms with Crippen molar-refractivity contribution in [3.8, 4) is 0 Å². The topological polar surface area (TPSA) is 17.8 Å². The average molecular weight is 293 g/mol. The summed E-state index contributed by atoms with van der Waals surface area (Å²) < 4.78 is 49.1. The number of halogens is 5. The molecule has 1 aromatic heterocycles. The molecule has 80 valence electrons. The van der Waals surface area contributed by atoms with Crippen molar-refractivity contribution in [2.24, 2.45) is 0 Å². The SMILES string of the molecule is Cc1c(CC(F)(F)F)c(Br)nn1SF. The van der Waals surface area contributed by atoms with Gasteiger partial charge in [0.2, 0.25) is 0 Å². The van der Waals surface area contributed by atoms with Crippen LogP contribution in [0.15, 0.2) is 4.60 Å². The molecule has 0 saturated heterocycles. The molecule has 0 atom stereocenters. The summed E-state index contributed by atoms with van der Waals surface area (Å²) in [5, 5.41) is 3.53. The first-order chi connectivity index (χ1) is 6.35. The number of rotatable bonds is 2. The van der Waals surface area contributed by atoms with Crippen LogP contribution in [0.5, 0.6) is 0 Å². The van der Waals surface area contributed by atoms with E-state index in [4.69, 9.17) is 0 Å². The largest absolute Gasteiger partial charge is 0.393 e. The van der Waals surface area contributed by atoms with Crippen molar-refractivity contribution >= 4 is 28.3 Å². The second kappa shape index (κ2) is 4.09. The first-order valence-electron chi connectivity index (χ1n) is 3.45. The van der Waals surface area contributed by atoms with Crippen LogP contribution in [-0.2, 0) is 6.42 Å². The van der Waals surface area contributed by atoms with E-state index in [1.165, 1.54) is 6.92 Å². The van der Waals surface area contributed by atoms with Crippen molar-refractivity contribution in [2.45, 2.75) is 19.5 Å². The zero-order valence-electron chi connectivity index (χ0n) is 6.90. The van der Waals surface area contributed by atoms with Crippen molar-refractivity contribution in [3.63, 3.8) is 0 Å². The number of aromatic nitrogens is 2. The lowest BCUT2D eigenvalue weighted by Crippen LogP contribution is -2.12. The normalized spacial score (nSPS) is 12.1. The number of nitrogens with zero attached hydrogens (tertiary/aromatic N) is 2. The van der Waals surface area contributed by atoms with Gasteiger partial charge in [-0.2, -0.15) is 22.4 Å². The average Bonchev–Trinajstić information content (AvgIpc) is 2.29. The lowest BCUT2D eigenvalue weighted by molar-refractivity contribution is -0.127. The number of hydrogen-bond donors (Lipinski definition) is 0. The Morgan fingerprint density at radius 2 is 2.07 bits per heavy atom. The third-order valence-electron chi connectivity index (χ3n) is 1.59. The minimum atomic E-state index is -4.32. The van der Waals surface area contributed by atoms with Gasteiger partial charge in [-0.15, -0.1) is 3.89 Å². The van der Waals surface area contributed by atoms with Gasteiger partial charge in [0.25, 0.3) is 0 Å². The Bertz CT molecular complexity index is 335. The lowest BCUT2D eigenvalue weighted by Gasteiger charge is -2.05. The maximum atomic E-state index is 12.1. The Balaban J connectivity index is 3.03. The molecule has 0 spiro atoms. The molecule has 1 rings (SSSR count). The highest BCUT2D eigenvalue weighted by Crippen LogP contribution is 2.29. The summed E-state index contributed by atoms with van der Waals surface area (Å²) >= 11 is 2.61. The molecule has 1 heterocycles. The highest BCUT2D eigenvalue weighted by atomic mass is 79.9. The molecule has 14 heavy (non-hydrogen) atoms. The van der Waals surface area contributed by atoms with Gasteiger partial charge in [-0.3, -0.25) is 0 Å². The van der Waals surface area contributed by atoms with Gasteiger partial charge in [0, 0.05) is 5.56 Å². The molecule has 0 fully saturated rings. The van der Waals surface area contributed by atoms with E-state index in [1.54, 1.807) is 0 Å². The van der Waals surface area contributed by atoms with Gasteiger partial charge in [0.05, 0.1) is 12.1 Å². The number of alkyl halides is 3. The van der Waals surface area contributed by atoms with Crippen molar-refractivity contribution in [3.05, 3.63) is 15.9 Å². The fourth-order valence-electron chi connectivity index (χ4n) is 0.948. The zero-order valence-corrected chi connectivity index (χ0v) is 9.30. The maximum absolute atomic E-state index is 12.1. The second-order valence-corrected chi connectivity index (χ2v) is 3.82. The Labute approximate surface area is 90.2 Å². The summed E-state index contributed by atoms with van der Waals surface area (Å²) in [7, 11) is 0. The lowest BCUT2D eigenvalue weighted by atomic mass is 10.2. The fraction of sp³-hybridized carbons (Fsp3) is 0.500. The van der Waals surface area contributed by atoms with Gasteiger partial charge >= 0.3 is 6.18 Å². The first-order valence-corrected chi connectivity index (χ1v) is 4.91. The molecule has 8 heteroatoms. The van der Waals surface area contributed by atoms with Crippen LogP contribution >= 0.6 is 28.3 Å². The summed E-state index contributed by atoms with van der Waals surface area (Å²) in [6, 6.07) is 0. The van der Waals surface area contributed by atoms with Crippen LogP contribution < -0.4 is 0 Å². The van der Waals surface area contributed by atoms with Gasteiger partial charge < -0.3 is 0 Å². The Morgan fingerprint density at radius 3 is 2.43 bits per heavy atom. The van der Waals surface area contributed by atoms with E-state index < -0.39 is 12.6 Å². The Morgan fingerprint density at radius 1 is 1.50 bits per heavy atom. The van der Waals surface area contributed by atoms with E-state index in [9.17, 15) is 17.1 Å². The standard InChI is InChI=1S/C6H5BrF4N2S/c1-3-4(2-6(8,9)10)5(7)12-13(3)14-11/h2H2,1H3. The van der Waals surface area contributed by atoms with Gasteiger partial charge in [0.15, 0.2) is 12.3 Å². The molecule has 2 nitrogen and oxygen atoms in total. The summed E-state index contributed by atoms with van der Waals surface area (Å²) in [5.74, 6) is 0. The highest BCUT2D eigenvalue weighted by molar-refractivity contribution is 9.10. The minimum Gasteiger partial charge on any atom is -0.180 e. The molecule has 0 amide bonds. The summed E-state index contributed by atoms with van der Waals surface area (Å²) in [6.45, 7) is 1.38. The van der Waals surface area contributed by atoms with Crippen LogP contribution in [-0.4, -0.2) is 15.4 Å². The highest BCUT2D eigenvalue weighted by Gasteiger charge is 2.31. The predicted octanol–water partition coefficient (Wildman–Crippen LogP) is 3.44. The fourth-order valence-corrected chi connectivity index (χ4v) is 1.97. The summed E-state index contributed by atoms with van der Waals surface area (Å²) in [5.41, 5.74) is 0.115. The van der Waals surface area contributed by atoms with E-state index in [-0.39, 0.29) is 28.2 Å². The molecule has 0 saturated carbocycles. The monoisotopic (exact) mass is 292 g/mol. The van der Waals surface area contributed by atoms with Crippen LogP contribution in [0, 0.1) is 6.92 Å². The Kier molecular flexibility index (Phi) is 3.46. The zero-order chi connectivity index (χ0) is 10.9. The molecule has 0 radical (unpaired) electrons. The molecule has 0 aliphatic rings. The molecule has 0 N–H and O–H groups in total. The predicted molar refractivity (Wildman–Crippen MR) is 48.5 cm³/mol. The van der Waals surface area contributed by atoms with Crippen LogP contribution in [0.3, 0.4) is 0 Å². The van der Waals surface area contributed by atoms with Crippen LogP contribution in [0.2, 0.25) is 0 Å². The first kappa shape index (κ1) is 11.8. The third-order valence-corrected chi connectivity index (χ3v) is 2.72. The van der Waals surface area contributed by atoms with Gasteiger partial charge in [0.1, 0.15) is 4.60 Å². The van der Waals surface area contributed by atoms with Gasteiger partial charge in [-0.25, -0.2) is 0 Å². The van der Waals surface area contributed by atoms with Crippen molar-refractivity contribution in [1.29, 1.82) is 0 Å². The smallest absolute Gasteiger partial charge is 0.180 e. The minimum absolute atomic E-state index is 0.0254. The van der Waals surface area contributed by atoms with E-state index in [0.717, 1.165) is 4.09 Å². The molecular weight excluding hydrogens is 288 g/mol. The van der Waals surface area contributed by atoms with E-state index in [1.807, 2.05) is 0 Å². The van der Waals surface area contributed by atoms with Crippen molar-refractivity contribution < 1.29 is 17.1 Å². The maximum Gasteiger partial charge on any atom is 0.393 e. The summed E-state index contributed by atoms with van der Waals surface area (Å²) in [4.78, 5) is 0. The van der Waals surface area contributed by atoms with Crippen molar-refractivity contribution in [2.75, 3.05) is 0 Å². The molecule has 0 aliphatic heterocycles. The molecule has 0 aromatic carbocycles. The van der Waals surface area contributed by atoms with Crippen LogP contribution in [0.1, 0.15) is 11.3 Å². The second-order valence-electron chi connectivity index (χ2n) is 2.59. The molecule has 1 aromatic rings. The van der Waals surface area contributed by atoms with Gasteiger partial charge in [-0.1, -0.05) is 0 Å². The Hall–Kier alpha value is -0.240. The van der Waals surface area contributed by atoms with Crippen LogP contribution in [0.4, 0.5) is 17.1 Å². The van der Waals surface area contributed by atoms with Gasteiger partial charge in [-0.05, 0) is 22.9 Å². The van der Waals surface area contributed by atoms with Crippen molar-refractivity contribution in [1.82, 2.24) is 9.19 Å². The number of hydrogen-bond acceptors (Lipinski definition) is 2. The van der Waals surface area contributed by atoms with E-state index >= 15 is 0 Å². The molecule has 0 bridgehead atoms. The van der Waals surface area contributed by atoms with Crippen LogP contribution in [0.25, 0.3) is 0 Å². The van der Waals surface area contributed by atoms with E-state index in [0.29, 0.717) is 0 Å². The quantitative estimate of drug-likeness (QED) is 0.777. The summed E-state index contributed by atoms with van der Waals surface area (Å²) in [6.07, 6.45) is -5.43. The molecular formula is C6H5BrF4N2S. The molecule has 0 aliphatic carbocycles. The third kappa shape index (κ3) is 2.63.